The maximum Gasteiger partial charge on any atom is 0.223 e. The van der Waals surface area contributed by atoms with Crippen LogP contribution >= 0.6 is 0 Å². The molecule has 1 amide bonds. The Labute approximate surface area is 207 Å². The van der Waals surface area contributed by atoms with Crippen LogP contribution in [0, 0.1) is 29.6 Å². The molecule has 0 saturated carbocycles. The lowest BCUT2D eigenvalue weighted by atomic mass is 9.90. The number of fused-ring (bicyclic) bond motifs is 1. The number of allylic oxidation sites excluding steroid dienone is 1. The van der Waals surface area contributed by atoms with Gasteiger partial charge in [-0.15, -0.1) is 0 Å². The van der Waals surface area contributed by atoms with Gasteiger partial charge in [-0.05, 0) is 55.2 Å². The van der Waals surface area contributed by atoms with Crippen molar-refractivity contribution >= 4 is 23.1 Å². The maximum absolute atomic E-state index is 12.5. The van der Waals surface area contributed by atoms with E-state index in [0.717, 1.165) is 50.1 Å². The van der Waals surface area contributed by atoms with Crippen molar-refractivity contribution in [3.8, 4) is 11.8 Å². The van der Waals surface area contributed by atoms with Gasteiger partial charge in [-0.25, -0.2) is 9.97 Å². The second kappa shape index (κ2) is 10.3. The number of benzene rings is 1. The van der Waals surface area contributed by atoms with Gasteiger partial charge in [-0.1, -0.05) is 32.9 Å². The minimum absolute atomic E-state index is 0.177. The highest BCUT2D eigenvalue weighted by molar-refractivity contribution is 5.83. The molecule has 2 aliphatic rings. The van der Waals surface area contributed by atoms with Crippen molar-refractivity contribution in [2.45, 2.75) is 53.4 Å². The number of aryl methyl sites for hydroxylation is 1. The standard InChI is InChI=1S/C27H34N6O2/c1-18-16-29-26(30-17-19-10-13-33(14-11-19)23(34)9-12-27(2,3)4)32-24(18)20(15-28)25-31-21-7-5-6-8-22(21)35-25/h5-8,16,19,31H,9-14,17H2,1-4H3,(H,29,30,32)/b25-20-. The summed E-state index contributed by atoms with van der Waals surface area (Å²) in [5.74, 6) is 2.25. The van der Waals surface area contributed by atoms with Gasteiger partial charge >= 0.3 is 0 Å². The zero-order valence-corrected chi connectivity index (χ0v) is 21.0. The quantitative estimate of drug-likeness (QED) is 0.571. The summed E-state index contributed by atoms with van der Waals surface area (Å²) in [4.78, 5) is 23.6. The molecule has 4 rings (SSSR count). The molecule has 0 unspecified atom stereocenters. The average molecular weight is 475 g/mol. The van der Waals surface area contributed by atoms with Gasteiger partial charge < -0.3 is 20.3 Å². The molecule has 1 aromatic heterocycles. The van der Waals surface area contributed by atoms with Gasteiger partial charge in [0.2, 0.25) is 17.7 Å². The Bertz CT molecular complexity index is 1130. The molecule has 0 spiro atoms. The number of hydrogen-bond acceptors (Lipinski definition) is 7. The van der Waals surface area contributed by atoms with Gasteiger partial charge in [-0.3, -0.25) is 4.79 Å². The lowest BCUT2D eigenvalue weighted by Gasteiger charge is -2.32. The number of carbonyl (C=O) groups excluding carboxylic acids is 1. The van der Waals surface area contributed by atoms with Crippen molar-refractivity contribution in [1.82, 2.24) is 14.9 Å². The number of aromatic nitrogens is 2. The summed E-state index contributed by atoms with van der Waals surface area (Å²) in [6.45, 7) is 10.7. The average Bonchev–Trinajstić information content (AvgIpc) is 3.27. The molecular weight excluding hydrogens is 440 g/mol. The van der Waals surface area contributed by atoms with Crippen LogP contribution in [0.15, 0.2) is 36.3 Å². The van der Waals surface area contributed by atoms with Crippen LogP contribution in [0.1, 0.15) is 57.7 Å². The first kappa shape index (κ1) is 24.5. The van der Waals surface area contributed by atoms with Crippen molar-refractivity contribution in [2.75, 3.05) is 30.3 Å². The van der Waals surface area contributed by atoms with Crippen LogP contribution in [0.25, 0.3) is 5.57 Å². The van der Waals surface area contributed by atoms with Crippen LogP contribution < -0.4 is 15.4 Å². The third-order valence-corrected chi connectivity index (χ3v) is 6.50. The summed E-state index contributed by atoms with van der Waals surface area (Å²) in [5.41, 5.74) is 2.67. The first-order valence-corrected chi connectivity index (χ1v) is 12.3. The molecule has 0 aliphatic carbocycles. The first-order valence-electron chi connectivity index (χ1n) is 12.3. The van der Waals surface area contributed by atoms with E-state index in [1.54, 1.807) is 6.20 Å². The zero-order valence-electron chi connectivity index (χ0n) is 21.0. The number of nitrogens with one attached hydrogen (secondary N) is 2. The van der Waals surface area contributed by atoms with Crippen LogP contribution in [0.3, 0.4) is 0 Å². The van der Waals surface area contributed by atoms with Crippen LogP contribution in [0.4, 0.5) is 11.6 Å². The number of nitrogens with zero attached hydrogens (tertiary/aromatic N) is 4. The van der Waals surface area contributed by atoms with Crippen molar-refractivity contribution < 1.29 is 9.53 Å². The number of hydrogen-bond donors (Lipinski definition) is 2. The number of carbonyl (C=O) groups is 1. The predicted octanol–water partition coefficient (Wildman–Crippen LogP) is 4.96. The largest absolute Gasteiger partial charge is 0.437 e. The van der Waals surface area contributed by atoms with Crippen molar-refractivity contribution in [2.24, 2.45) is 11.3 Å². The Kier molecular flexibility index (Phi) is 7.25. The SMILES string of the molecule is Cc1cnc(NCC2CCN(C(=O)CCC(C)(C)C)CC2)nc1/C(C#N)=C1/Nc2ccccc2O1. The van der Waals surface area contributed by atoms with Crippen molar-refractivity contribution in [3.63, 3.8) is 0 Å². The molecule has 35 heavy (non-hydrogen) atoms. The highest BCUT2D eigenvalue weighted by Crippen LogP contribution is 2.36. The van der Waals surface area contributed by atoms with Crippen LogP contribution in [-0.2, 0) is 4.79 Å². The second-order valence-corrected chi connectivity index (χ2v) is 10.5. The number of amides is 1. The van der Waals surface area contributed by atoms with E-state index >= 15 is 0 Å². The molecule has 1 saturated heterocycles. The van der Waals surface area contributed by atoms with Gasteiger partial charge in [0.05, 0.1) is 11.4 Å². The summed E-state index contributed by atoms with van der Waals surface area (Å²) < 4.78 is 5.86. The third-order valence-electron chi connectivity index (χ3n) is 6.50. The number of anilines is 2. The van der Waals surface area contributed by atoms with E-state index in [2.05, 4.69) is 47.4 Å². The van der Waals surface area contributed by atoms with Gasteiger partial charge in [0.15, 0.2) is 5.75 Å². The Morgan fingerprint density at radius 1 is 1.29 bits per heavy atom. The molecule has 8 nitrogen and oxygen atoms in total. The predicted molar refractivity (Wildman–Crippen MR) is 136 cm³/mol. The third kappa shape index (κ3) is 6.10. The van der Waals surface area contributed by atoms with Crippen LogP contribution in [0.5, 0.6) is 5.75 Å². The van der Waals surface area contributed by atoms with E-state index in [0.29, 0.717) is 41.2 Å². The summed E-state index contributed by atoms with van der Waals surface area (Å²) >= 11 is 0. The lowest BCUT2D eigenvalue weighted by Crippen LogP contribution is -2.40. The topological polar surface area (TPSA) is 103 Å². The number of nitriles is 1. The molecule has 184 valence electrons. The molecule has 3 heterocycles. The Morgan fingerprint density at radius 2 is 2.03 bits per heavy atom. The molecule has 0 radical (unpaired) electrons. The smallest absolute Gasteiger partial charge is 0.223 e. The summed E-state index contributed by atoms with van der Waals surface area (Å²) in [6, 6.07) is 9.80. The van der Waals surface area contributed by atoms with E-state index in [-0.39, 0.29) is 11.3 Å². The number of piperidine rings is 1. The molecule has 8 heteroatoms. The van der Waals surface area contributed by atoms with Gasteiger partial charge in [0.25, 0.3) is 0 Å². The van der Waals surface area contributed by atoms with E-state index in [4.69, 9.17) is 4.74 Å². The fraction of sp³-hybridized carbons (Fsp3) is 0.481. The molecular formula is C27H34N6O2. The monoisotopic (exact) mass is 474 g/mol. The molecule has 0 atom stereocenters. The molecule has 2 aliphatic heterocycles. The highest BCUT2D eigenvalue weighted by atomic mass is 16.5. The Hall–Kier alpha value is -3.60. The summed E-state index contributed by atoms with van der Waals surface area (Å²) in [7, 11) is 0. The van der Waals surface area contributed by atoms with E-state index in [1.165, 1.54) is 0 Å². The van der Waals surface area contributed by atoms with E-state index in [1.807, 2.05) is 36.1 Å². The molecule has 1 aromatic carbocycles. The molecule has 1 fully saturated rings. The maximum atomic E-state index is 12.5. The Balaban J connectivity index is 1.35. The minimum atomic E-state index is 0.177. The lowest BCUT2D eigenvalue weighted by molar-refractivity contribution is -0.133. The molecule has 2 N–H and O–H groups in total. The number of ether oxygens (including phenoxy) is 1. The van der Waals surface area contributed by atoms with Gasteiger partial charge in [0.1, 0.15) is 11.6 Å². The highest BCUT2D eigenvalue weighted by Gasteiger charge is 2.25. The van der Waals surface area contributed by atoms with Gasteiger partial charge in [-0.2, -0.15) is 5.26 Å². The first-order chi connectivity index (χ1) is 16.7. The second-order valence-electron chi connectivity index (χ2n) is 10.5. The van der Waals surface area contributed by atoms with E-state index < -0.39 is 0 Å². The zero-order chi connectivity index (χ0) is 25.0. The molecule has 2 aromatic rings. The fourth-order valence-corrected chi connectivity index (χ4v) is 4.28. The normalized spacial score (nSPS) is 17.2. The Morgan fingerprint density at radius 3 is 2.71 bits per heavy atom. The van der Waals surface area contributed by atoms with Crippen molar-refractivity contribution in [3.05, 3.63) is 47.6 Å². The molecule has 0 bridgehead atoms. The number of likely N-dealkylation sites (tertiary alicyclic amines) is 1. The minimum Gasteiger partial charge on any atom is -0.437 e. The van der Waals surface area contributed by atoms with E-state index in [9.17, 15) is 10.1 Å². The fourth-order valence-electron chi connectivity index (χ4n) is 4.28. The van der Waals surface area contributed by atoms with Crippen molar-refractivity contribution in [1.29, 1.82) is 5.26 Å². The number of para-hydroxylation sites is 2. The summed E-state index contributed by atoms with van der Waals surface area (Å²) in [5, 5.41) is 16.4. The van der Waals surface area contributed by atoms with Crippen LogP contribution in [-0.4, -0.2) is 40.4 Å². The van der Waals surface area contributed by atoms with Crippen LogP contribution in [0.2, 0.25) is 0 Å². The van der Waals surface area contributed by atoms with Gasteiger partial charge in [0, 0.05) is 32.3 Å². The summed E-state index contributed by atoms with van der Waals surface area (Å²) in [6.07, 6.45) is 5.16. The number of rotatable bonds is 6.